The van der Waals surface area contributed by atoms with Crippen molar-refractivity contribution in [2.45, 2.75) is 26.3 Å². The molecule has 7 nitrogen and oxygen atoms in total. The molecule has 0 bridgehead atoms. The second-order valence-electron chi connectivity index (χ2n) is 7.59. The van der Waals surface area contributed by atoms with E-state index in [1.165, 1.54) is 0 Å². The summed E-state index contributed by atoms with van der Waals surface area (Å²) in [7, 11) is -2.04. The highest BCUT2D eigenvalue weighted by atomic mass is 32.2. The summed E-state index contributed by atoms with van der Waals surface area (Å²) in [5.41, 5.74) is 1.57. The van der Waals surface area contributed by atoms with Crippen molar-refractivity contribution in [1.29, 1.82) is 0 Å². The van der Waals surface area contributed by atoms with Crippen LogP contribution in [0, 0.1) is 5.92 Å². The summed E-state index contributed by atoms with van der Waals surface area (Å²) in [5.74, 6) is -0.201. The van der Waals surface area contributed by atoms with Crippen LogP contribution in [-0.4, -0.2) is 44.5 Å². The molecular weight excluding hydrogens is 404 g/mol. The first-order valence-electron chi connectivity index (χ1n) is 9.82. The lowest BCUT2D eigenvalue weighted by atomic mass is 9.97. The third-order valence-electron chi connectivity index (χ3n) is 5.12. The van der Waals surface area contributed by atoms with Gasteiger partial charge < -0.3 is 4.74 Å². The van der Waals surface area contributed by atoms with Crippen molar-refractivity contribution >= 4 is 21.8 Å². The molecule has 1 aliphatic heterocycles. The first-order valence-corrected chi connectivity index (χ1v) is 11.5. The molecule has 0 unspecified atom stereocenters. The Kier molecular flexibility index (Phi) is 6.58. The monoisotopic (exact) mass is 430 g/mol. The maximum atomic E-state index is 12.7. The van der Waals surface area contributed by atoms with Crippen LogP contribution in [0.25, 0.3) is 0 Å². The molecule has 1 heterocycles. The van der Waals surface area contributed by atoms with Gasteiger partial charge in [0, 0.05) is 12.6 Å². The Morgan fingerprint density at radius 2 is 1.53 bits per heavy atom. The van der Waals surface area contributed by atoms with Crippen molar-refractivity contribution in [2.75, 3.05) is 19.4 Å². The molecule has 3 rings (SSSR count). The van der Waals surface area contributed by atoms with Gasteiger partial charge in [-0.2, -0.15) is 0 Å². The van der Waals surface area contributed by atoms with Crippen molar-refractivity contribution in [1.82, 2.24) is 9.62 Å². The smallest absolute Gasteiger partial charge is 0.261 e. The summed E-state index contributed by atoms with van der Waals surface area (Å²) in [6, 6.07) is 13.5. The number of sulfonamides is 1. The van der Waals surface area contributed by atoms with E-state index in [1.54, 1.807) is 43.5 Å². The number of amides is 2. The first-order chi connectivity index (χ1) is 14.2. The Morgan fingerprint density at radius 3 is 2.03 bits per heavy atom. The van der Waals surface area contributed by atoms with Crippen molar-refractivity contribution in [3.05, 3.63) is 65.2 Å². The fraction of sp³-hybridized carbons (Fsp3) is 0.364. The largest absolute Gasteiger partial charge is 0.497 e. The number of hydrogen-bond acceptors (Lipinski definition) is 5. The summed E-state index contributed by atoms with van der Waals surface area (Å²) in [6.45, 7) is 3.94. The van der Waals surface area contributed by atoms with E-state index in [2.05, 4.69) is 4.72 Å². The number of rotatable bonds is 9. The van der Waals surface area contributed by atoms with E-state index in [0.29, 0.717) is 16.9 Å². The average Bonchev–Trinajstić information content (AvgIpc) is 2.97. The predicted molar refractivity (Wildman–Crippen MR) is 114 cm³/mol. The van der Waals surface area contributed by atoms with Crippen molar-refractivity contribution in [2.24, 2.45) is 5.92 Å². The van der Waals surface area contributed by atoms with Gasteiger partial charge in [-0.3, -0.25) is 14.5 Å². The van der Waals surface area contributed by atoms with E-state index in [-0.39, 0.29) is 42.5 Å². The van der Waals surface area contributed by atoms with Crippen LogP contribution in [0.15, 0.2) is 48.5 Å². The third-order valence-corrected chi connectivity index (χ3v) is 6.56. The van der Waals surface area contributed by atoms with Crippen molar-refractivity contribution in [3.63, 3.8) is 0 Å². The molecule has 0 saturated carbocycles. The SMILES string of the molecule is COc1ccc([C@@H](NS(=O)(=O)CCCN2C(=O)c3ccccc3C2=O)C(C)C)cc1. The minimum atomic E-state index is -3.61. The van der Waals surface area contributed by atoms with Gasteiger partial charge >= 0.3 is 0 Å². The van der Waals surface area contributed by atoms with Crippen LogP contribution in [0.2, 0.25) is 0 Å². The van der Waals surface area contributed by atoms with Gasteiger partial charge in [0.1, 0.15) is 5.75 Å². The molecule has 0 spiro atoms. The van der Waals surface area contributed by atoms with Gasteiger partial charge in [0.2, 0.25) is 10.0 Å². The van der Waals surface area contributed by atoms with Gasteiger partial charge in [-0.25, -0.2) is 13.1 Å². The second kappa shape index (κ2) is 8.97. The number of benzene rings is 2. The Labute approximate surface area is 177 Å². The highest BCUT2D eigenvalue weighted by molar-refractivity contribution is 7.89. The number of carbonyl (C=O) groups is 2. The Balaban J connectivity index is 1.62. The molecule has 0 aliphatic carbocycles. The molecule has 0 radical (unpaired) electrons. The van der Waals surface area contributed by atoms with Gasteiger partial charge in [-0.15, -0.1) is 0 Å². The number of carbonyl (C=O) groups excluding carboxylic acids is 2. The van der Waals surface area contributed by atoms with E-state index in [1.807, 2.05) is 26.0 Å². The number of nitrogens with one attached hydrogen (secondary N) is 1. The van der Waals surface area contributed by atoms with Crippen LogP contribution in [0.4, 0.5) is 0 Å². The van der Waals surface area contributed by atoms with Gasteiger partial charge in [0.25, 0.3) is 11.8 Å². The molecule has 0 fully saturated rings. The van der Waals surface area contributed by atoms with Gasteiger partial charge in [0.05, 0.1) is 24.0 Å². The van der Waals surface area contributed by atoms with E-state index in [4.69, 9.17) is 4.74 Å². The van der Waals surface area contributed by atoms with Gasteiger partial charge in [-0.1, -0.05) is 38.1 Å². The highest BCUT2D eigenvalue weighted by Gasteiger charge is 2.35. The molecular formula is C22H26N2O5S. The number of nitrogens with zero attached hydrogens (tertiary/aromatic N) is 1. The molecule has 160 valence electrons. The Morgan fingerprint density at radius 1 is 0.967 bits per heavy atom. The zero-order valence-electron chi connectivity index (χ0n) is 17.3. The molecule has 0 saturated heterocycles. The molecule has 1 N–H and O–H groups in total. The summed E-state index contributed by atoms with van der Waals surface area (Å²) >= 11 is 0. The molecule has 2 amide bonds. The molecule has 8 heteroatoms. The molecule has 1 atom stereocenters. The molecule has 30 heavy (non-hydrogen) atoms. The lowest BCUT2D eigenvalue weighted by Gasteiger charge is -2.23. The van der Waals surface area contributed by atoms with Gasteiger partial charge in [0.15, 0.2) is 0 Å². The maximum absolute atomic E-state index is 12.7. The van der Waals surface area contributed by atoms with Gasteiger partial charge in [-0.05, 0) is 42.2 Å². The van der Waals surface area contributed by atoms with E-state index >= 15 is 0 Å². The third kappa shape index (κ3) is 4.71. The highest BCUT2D eigenvalue weighted by Crippen LogP contribution is 2.25. The minimum absolute atomic E-state index is 0.0319. The summed E-state index contributed by atoms with van der Waals surface area (Å²) in [6.07, 6.45) is 0.161. The van der Waals surface area contributed by atoms with E-state index in [0.717, 1.165) is 10.5 Å². The maximum Gasteiger partial charge on any atom is 0.261 e. The predicted octanol–water partition coefficient (Wildman–Crippen LogP) is 3.00. The normalized spacial score (nSPS) is 14.9. The Bertz CT molecular complexity index is 997. The number of methoxy groups -OCH3 is 1. The van der Waals surface area contributed by atoms with Crippen molar-refractivity contribution < 1.29 is 22.7 Å². The summed E-state index contributed by atoms with van der Waals surface area (Å²) in [4.78, 5) is 25.9. The van der Waals surface area contributed by atoms with Crippen LogP contribution >= 0.6 is 0 Å². The summed E-state index contributed by atoms with van der Waals surface area (Å²) < 4.78 is 33.3. The lowest BCUT2D eigenvalue weighted by Crippen LogP contribution is -2.36. The minimum Gasteiger partial charge on any atom is -0.497 e. The standard InChI is InChI=1S/C22H26N2O5S/c1-15(2)20(16-9-11-17(29-3)12-10-16)23-30(27,28)14-6-13-24-21(25)18-7-4-5-8-19(18)22(24)26/h4-5,7-12,15,20,23H,6,13-14H2,1-3H3/t20-/m0/s1. The zero-order valence-corrected chi connectivity index (χ0v) is 18.1. The average molecular weight is 431 g/mol. The Hall–Kier alpha value is -2.71. The topological polar surface area (TPSA) is 92.8 Å². The molecule has 2 aromatic rings. The molecule has 1 aliphatic rings. The fourth-order valence-electron chi connectivity index (χ4n) is 3.51. The second-order valence-corrected chi connectivity index (χ2v) is 9.47. The van der Waals surface area contributed by atoms with Crippen LogP contribution in [0.5, 0.6) is 5.75 Å². The van der Waals surface area contributed by atoms with Crippen molar-refractivity contribution in [3.8, 4) is 5.75 Å². The van der Waals surface area contributed by atoms with Crippen LogP contribution in [-0.2, 0) is 10.0 Å². The number of hydrogen-bond donors (Lipinski definition) is 1. The lowest BCUT2D eigenvalue weighted by molar-refractivity contribution is 0.0654. The summed E-state index contributed by atoms with van der Waals surface area (Å²) in [5, 5.41) is 0. The number of fused-ring (bicyclic) bond motifs is 1. The zero-order chi connectivity index (χ0) is 21.9. The van der Waals surface area contributed by atoms with Crippen LogP contribution < -0.4 is 9.46 Å². The first kappa shape index (κ1) is 22.0. The van der Waals surface area contributed by atoms with Crippen LogP contribution in [0.3, 0.4) is 0 Å². The fourth-order valence-corrected chi connectivity index (χ4v) is 4.93. The quantitative estimate of drug-likeness (QED) is 0.618. The van der Waals surface area contributed by atoms with E-state index in [9.17, 15) is 18.0 Å². The number of ether oxygens (including phenoxy) is 1. The van der Waals surface area contributed by atoms with Crippen LogP contribution in [0.1, 0.15) is 52.6 Å². The molecule has 2 aromatic carbocycles. The molecule has 0 aromatic heterocycles. The number of imide groups is 1. The van der Waals surface area contributed by atoms with E-state index < -0.39 is 10.0 Å².